The number of likely N-dealkylation sites (N-methyl/N-ethyl adjacent to an activating group) is 1. The molecular formula is C17H25NO4. The van der Waals surface area contributed by atoms with Crippen LogP contribution in [0.2, 0.25) is 0 Å². The Kier molecular flexibility index (Phi) is 5.46. The minimum absolute atomic E-state index is 0.105. The number of amides is 1. The molecule has 22 heavy (non-hydrogen) atoms. The van der Waals surface area contributed by atoms with E-state index < -0.39 is 5.60 Å². The molecule has 1 rings (SSSR count). The van der Waals surface area contributed by atoms with Crippen molar-refractivity contribution in [3.05, 3.63) is 22.3 Å². The SMILES string of the molecule is CCN(C)C(=O)C(C)(O)CCC1=C(C)C(=O)C(C)=C(C)C1=O. The first-order valence-electron chi connectivity index (χ1n) is 7.49. The molecule has 0 bridgehead atoms. The Morgan fingerprint density at radius 2 is 1.59 bits per heavy atom. The van der Waals surface area contributed by atoms with Crippen LogP contribution in [-0.2, 0) is 14.4 Å². The molecule has 1 unspecified atom stereocenters. The monoisotopic (exact) mass is 307 g/mol. The molecular weight excluding hydrogens is 282 g/mol. The largest absolute Gasteiger partial charge is 0.380 e. The van der Waals surface area contributed by atoms with Crippen molar-refractivity contribution >= 4 is 17.5 Å². The molecule has 0 fully saturated rings. The Bertz CT molecular complexity index is 581. The molecule has 0 spiro atoms. The first kappa shape index (κ1) is 18.3. The molecule has 1 N–H and O–H groups in total. The predicted octanol–water partition coefficient (Wildman–Crippen LogP) is 1.80. The Morgan fingerprint density at radius 3 is 2.09 bits per heavy atom. The number of hydrogen-bond acceptors (Lipinski definition) is 4. The van der Waals surface area contributed by atoms with Crippen LogP contribution >= 0.6 is 0 Å². The third kappa shape index (κ3) is 3.35. The van der Waals surface area contributed by atoms with Gasteiger partial charge in [0.25, 0.3) is 5.91 Å². The van der Waals surface area contributed by atoms with Gasteiger partial charge in [0.1, 0.15) is 5.60 Å². The van der Waals surface area contributed by atoms with Gasteiger partial charge in [-0.2, -0.15) is 0 Å². The number of carbonyl (C=O) groups is 3. The lowest BCUT2D eigenvalue weighted by Gasteiger charge is -2.28. The van der Waals surface area contributed by atoms with E-state index in [1.807, 2.05) is 6.92 Å². The van der Waals surface area contributed by atoms with E-state index in [2.05, 4.69) is 0 Å². The molecule has 1 aliphatic carbocycles. The van der Waals surface area contributed by atoms with Crippen LogP contribution in [-0.4, -0.2) is 46.7 Å². The average Bonchev–Trinajstić information content (AvgIpc) is 2.49. The second kappa shape index (κ2) is 6.57. The minimum Gasteiger partial charge on any atom is -0.380 e. The Hall–Kier alpha value is -1.75. The first-order valence-corrected chi connectivity index (χ1v) is 7.49. The number of rotatable bonds is 5. The second-order valence-electron chi connectivity index (χ2n) is 6.10. The van der Waals surface area contributed by atoms with Crippen LogP contribution in [0.5, 0.6) is 0 Å². The van der Waals surface area contributed by atoms with Crippen LogP contribution in [0.3, 0.4) is 0 Å². The fraction of sp³-hybridized carbons (Fsp3) is 0.588. The summed E-state index contributed by atoms with van der Waals surface area (Å²) in [5.41, 5.74) is 0.188. The van der Waals surface area contributed by atoms with Crippen LogP contribution in [0.4, 0.5) is 0 Å². The maximum atomic E-state index is 12.3. The summed E-state index contributed by atoms with van der Waals surface area (Å²) < 4.78 is 0. The highest BCUT2D eigenvalue weighted by atomic mass is 16.3. The van der Waals surface area contributed by atoms with Gasteiger partial charge in [0.05, 0.1) is 0 Å². The number of carbonyl (C=O) groups excluding carboxylic acids is 3. The maximum absolute atomic E-state index is 12.3. The van der Waals surface area contributed by atoms with E-state index in [4.69, 9.17) is 0 Å². The zero-order valence-corrected chi connectivity index (χ0v) is 14.2. The fourth-order valence-corrected chi connectivity index (χ4v) is 2.49. The molecule has 0 heterocycles. The van der Waals surface area contributed by atoms with E-state index in [-0.39, 0.29) is 30.3 Å². The van der Waals surface area contributed by atoms with Crippen molar-refractivity contribution in [2.24, 2.45) is 0 Å². The second-order valence-corrected chi connectivity index (χ2v) is 6.10. The van der Waals surface area contributed by atoms with Crippen molar-refractivity contribution in [3.63, 3.8) is 0 Å². The highest BCUT2D eigenvalue weighted by molar-refractivity contribution is 6.24. The summed E-state index contributed by atoms with van der Waals surface area (Å²) in [5, 5.41) is 10.3. The molecule has 0 saturated heterocycles. The van der Waals surface area contributed by atoms with Crippen LogP contribution in [0.1, 0.15) is 47.5 Å². The van der Waals surface area contributed by atoms with Gasteiger partial charge in [-0.3, -0.25) is 14.4 Å². The number of ketones is 2. The van der Waals surface area contributed by atoms with Gasteiger partial charge in [-0.1, -0.05) is 0 Å². The Balaban J connectivity index is 2.94. The van der Waals surface area contributed by atoms with Crippen molar-refractivity contribution in [2.45, 2.75) is 53.1 Å². The summed E-state index contributed by atoms with van der Waals surface area (Å²) in [6.45, 7) is 8.67. The maximum Gasteiger partial charge on any atom is 0.253 e. The molecule has 122 valence electrons. The molecule has 0 aliphatic heterocycles. The van der Waals surface area contributed by atoms with E-state index in [0.29, 0.717) is 28.8 Å². The Labute approximate surface area is 131 Å². The van der Waals surface area contributed by atoms with E-state index in [1.165, 1.54) is 11.8 Å². The zero-order chi connectivity index (χ0) is 17.2. The third-order valence-electron chi connectivity index (χ3n) is 4.45. The van der Waals surface area contributed by atoms with Crippen LogP contribution in [0.15, 0.2) is 22.3 Å². The summed E-state index contributed by atoms with van der Waals surface area (Å²) in [7, 11) is 1.62. The molecule has 0 saturated carbocycles. The van der Waals surface area contributed by atoms with Gasteiger partial charge in [0.15, 0.2) is 11.6 Å². The molecule has 0 aromatic carbocycles. The van der Waals surface area contributed by atoms with Gasteiger partial charge in [0, 0.05) is 35.9 Å². The highest BCUT2D eigenvalue weighted by Crippen LogP contribution is 2.29. The number of hydrogen-bond donors (Lipinski definition) is 1. The van der Waals surface area contributed by atoms with Crippen molar-refractivity contribution in [2.75, 3.05) is 13.6 Å². The summed E-state index contributed by atoms with van der Waals surface area (Å²) >= 11 is 0. The average molecular weight is 307 g/mol. The number of allylic oxidation sites excluding steroid dienone is 4. The summed E-state index contributed by atoms with van der Waals surface area (Å²) in [5.74, 6) is -0.684. The van der Waals surface area contributed by atoms with E-state index in [0.717, 1.165) is 0 Å². The van der Waals surface area contributed by atoms with Crippen LogP contribution in [0.25, 0.3) is 0 Å². The number of nitrogens with zero attached hydrogens (tertiary/aromatic N) is 1. The van der Waals surface area contributed by atoms with Gasteiger partial charge in [0.2, 0.25) is 0 Å². The standard InChI is InChI=1S/C17H25NO4/c1-7-18(6)16(21)17(5,22)9-8-13-12(4)14(19)10(2)11(3)15(13)20/h22H,7-9H2,1-6H3. The van der Waals surface area contributed by atoms with Crippen molar-refractivity contribution in [1.82, 2.24) is 4.90 Å². The van der Waals surface area contributed by atoms with Crippen molar-refractivity contribution in [1.29, 1.82) is 0 Å². The van der Waals surface area contributed by atoms with Gasteiger partial charge < -0.3 is 10.0 Å². The molecule has 0 aromatic rings. The van der Waals surface area contributed by atoms with Gasteiger partial charge in [-0.25, -0.2) is 0 Å². The summed E-state index contributed by atoms with van der Waals surface area (Å²) in [6, 6.07) is 0. The molecule has 0 radical (unpaired) electrons. The van der Waals surface area contributed by atoms with Crippen LogP contribution in [0, 0.1) is 0 Å². The van der Waals surface area contributed by atoms with Gasteiger partial charge in [-0.15, -0.1) is 0 Å². The first-order chi connectivity index (χ1) is 10.0. The van der Waals surface area contributed by atoms with Gasteiger partial charge in [-0.05, 0) is 47.5 Å². The third-order valence-corrected chi connectivity index (χ3v) is 4.45. The quantitative estimate of drug-likeness (QED) is 0.786. The fourth-order valence-electron chi connectivity index (χ4n) is 2.49. The molecule has 0 aromatic heterocycles. The van der Waals surface area contributed by atoms with E-state index >= 15 is 0 Å². The lowest BCUT2D eigenvalue weighted by Crippen LogP contribution is -2.45. The summed E-state index contributed by atoms with van der Waals surface area (Å²) in [6.07, 6.45) is 0.311. The van der Waals surface area contributed by atoms with E-state index in [1.54, 1.807) is 27.8 Å². The molecule has 1 atom stereocenters. The van der Waals surface area contributed by atoms with Crippen molar-refractivity contribution < 1.29 is 19.5 Å². The Morgan fingerprint density at radius 1 is 1.09 bits per heavy atom. The highest BCUT2D eigenvalue weighted by Gasteiger charge is 2.35. The van der Waals surface area contributed by atoms with E-state index in [9.17, 15) is 19.5 Å². The summed E-state index contributed by atoms with van der Waals surface area (Å²) in [4.78, 5) is 38.0. The van der Waals surface area contributed by atoms with Crippen LogP contribution < -0.4 is 0 Å². The molecule has 1 aliphatic rings. The smallest absolute Gasteiger partial charge is 0.253 e. The van der Waals surface area contributed by atoms with Gasteiger partial charge >= 0.3 is 0 Å². The zero-order valence-electron chi connectivity index (χ0n) is 14.2. The van der Waals surface area contributed by atoms with Crippen molar-refractivity contribution in [3.8, 4) is 0 Å². The minimum atomic E-state index is -1.55. The lowest BCUT2D eigenvalue weighted by molar-refractivity contribution is -0.148. The molecule has 1 amide bonds. The number of aliphatic hydroxyl groups is 1. The topological polar surface area (TPSA) is 74.7 Å². The number of Topliss-reactive ketones (excluding diaryl/α,β-unsaturated/α-hetero) is 2. The molecule has 5 nitrogen and oxygen atoms in total. The predicted molar refractivity (Wildman–Crippen MR) is 84.3 cm³/mol. The normalized spacial score (nSPS) is 18.7. The lowest BCUT2D eigenvalue weighted by atomic mass is 9.82. The molecule has 5 heteroatoms.